The summed E-state index contributed by atoms with van der Waals surface area (Å²) in [5.74, 6) is 0.261. The Morgan fingerprint density at radius 2 is 1.74 bits per heavy atom. The van der Waals surface area contributed by atoms with Gasteiger partial charge in [-0.2, -0.15) is 0 Å². The molecular formula is C24H22N6O4S. The van der Waals surface area contributed by atoms with Crippen LogP contribution in [0.1, 0.15) is 23.1 Å². The molecule has 178 valence electrons. The number of hydrogen-bond acceptors (Lipinski definition) is 5. The molecule has 0 atom stereocenters. The minimum atomic E-state index is -4.03. The normalized spacial score (nSPS) is 11.7. The summed E-state index contributed by atoms with van der Waals surface area (Å²) in [4.78, 5) is 34.2. The first kappa shape index (κ1) is 22.4. The van der Waals surface area contributed by atoms with E-state index in [-0.39, 0.29) is 22.7 Å². The number of H-pyrrole nitrogens is 2. The zero-order valence-corrected chi connectivity index (χ0v) is 19.5. The Morgan fingerprint density at radius 3 is 2.57 bits per heavy atom. The van der Waals surface area contributed by atoms with Crippen LogP contribution >= 0.6 is 0 Å². The van der Waals surface area contributed by atoms with Gasteiger partial charge in [0.05, 0.1) is 44.8 Å². The van der Waals surface area contributed by atoms with Crippen LogP contribution in [0.3, 0.4) is 0 Å². The molecule has 0 aliphatic heterocycles. The summed E-state index contributed by atoms with van der Waals surface area (Å²) < 4.78 is 30.6. The molecule has 0 aliphatic carbocycles. The summed E-state index contributed by atoms with van der Waals surface area (Å²) in [5, 5.41) is 2.84. The predicted octanol–water partition coefficient (Wildman–Crippen LogP) is 2.96. The van der Waals surface area contributed by atoms with Crippen LogP contribution in [0.15, 0.2) is 76.4 Å². The van der Waals surface area contributed by atoms with Gasteiger partial charge in [0.25, 0.3) is 15.9 Å². The first-order valence-corrected chi connectivity index (χ1v) is 12.4. The first-order chi connectivity index (χ1) is 16.9. The number of aromatic nitrogens is 4. The van der Waals surface area contributed by atoms with Crippen molar-refractivity contribution in [3.8, 4) is 0 Å². The third kappa shape index (κ3) is 4.28. The first-order valence-electron chi connectivity index (χ1n) is 10.9. The molecule has 5 rings (SSSR count). The number of sulfonamides is 1. The molecule has 4 N–H and O–H groups in total. The number of nitrogens with zero attached hydrogens (tertiary/aromatic N) is 2. The lowest BCUT2D eigenvalue weighted by molar-refractivity contribution is 0.0950. The van der Waals surface area contributed by atoms with Gasteiger partial charge in [-0.05, 0) is 49.4 Å². The number of aryl methyl sites for hydroxylation is 1. The summed E-state index contributed by atoms with van der Waals surface area (Å²) in [5.41, 5.74) is 2.55. The topological polar surface area (TPSA) is 142 Å². The lowest BCUT2D eigenvalue weighted by Gasteiger charge is -2.13. The Morgan fingerprint density at radius 1 is 1.00 bits per heavy atom. The number of para-hydroxylation sites is 3. The SMILES string of the molecule is CCn1c(CNC(=O)c2ccccc2NS(=O)(=O)c2ccc3[nH]c(=O)[nH]c3c2)nc2ccccc21. The highest BCUT2D eigenvalue weighted by Gasteiger charge is 2.20. The number of hydrogen-bond donors (Lipinski definition) is 4. The van der Waals surface area contributed by atoms with E-state index in [1.807, 2.05) is 35.8 Å². The summed E-state index contributed by atoms with van der Waals surface area (Å²) >= 11 is 0. The standard InChI is InChI=1S/C24H22N6O4S/c1-2-30-21-10-6-5-9-19(21)26-22(30)14-25-23(31)16-7-3-4-8-17(16)29-35(33,34)15-11-12-18-20(13-15)28-24(32)27-18/h3-13,29H,2,14H2,1H3,(H,25,31)(H2,27,28,32). The molecule has 0 saturated carbocycles. The molecule has 11 heteroatoms. The number of carbonyl (C=O) groups excluding carboxylic acids is 1. The van der Waals surface area contributed by atoms with Crippen LogP contribution in [0.2, 0.25) is 0 Å². The van der Waals surface area contributed by atoms with E-state index in [2.05, 4.69) is 25.0 Å². The molecule has 35 heavy (non-hydrogen) atoms. The molecule has 0 fully saturated rings. The van der Waals surface area contributed by atoms with E-state index in [4.69, 9.17) is 0 Å². The second-order valence-electron chi connectivity index (χ2n) is 7.88. The molecule has 0 unspecified atom stereocenters. The van der Waals surface area contributed by atoms with Crippen LogP contribution in [-0.2, 0) is 23.1 Å². The molecule has 0 bridgehead atoms. The lowest BCUT2D eigenvalue weighted by Crippen LogP contribution is -2.26. The highest BCUT2D eigenvalue weighted by molar-refractivity contribution is 7.92. The van der Waals surface area contributed by atoms with Crippen LogP contribution in [0.25, 0.3) is 22.1 Å². The highest BCUT2D eigenvalue weighted by Crippen LogP contribution is 2.22. The van der Waals surface area contributed by atoms with Crippen LogP contribution < -0.4 is 15.7 Å². The molecular weight excluding hydrogens is 468 g/mol. The van der Waals surface area contributed by atoms with Crippen LogP contribution in [0.4, 0.5) is 5.69 Å². The van der Waals surface area contributed by atoms with Gasteiger partial charge >= 0.3 is 5.69 Å². The Balaban J connectivity index is 1.38. The van der Waals surface area contributed by atoms with Crippen molar-refractivity contribution in [2.75, 3.05) is 4.72 Å². The molecule has 0 saturated heterocycles. The maximum atomic E-state index is 13.0. The van der Waals surface area contributed by atoms with Crippen LogP contribution in [0, 0.1) is 0 Å². The third-order valence-electron chi connectivity index (χ3n) is 5.67. The second kappa shape index (κ2) is 8.76. The van der Waals surface area contributed by atoms with E-state index in [9.17, 15) is 18.0 Å². The van der Waals surface area contributed by atoms with Gasteiger partial charge in [-0.3, -0.25) is 9.52 Å². The molecule has 3 aromatic carbocycles. The fourth-order valence-electron chi connectivity index (χ4n) is 4.02. The van der Waals surface area contributed by atoms with Gasteiger partial charge in [0, 0.05) is 6.54 Å². The molecule has 0 radical (unpaired) electrons. The van der Waals surface area contributed by atoms with E-state index in [0.29, 0.717) is 23.4 Å². The number of nitrogens with one attached hydrogen (secondary N) is 4. The van der Waals surface area contributed by atoms with Gasteiger partial charge in [-0.25, -0.2) is 18.2 Å². The van der Waals surface area contributed by atoms with E-state index in [1.165, 1.54) is 24.3 Å². The van der Waals surface area contributed by atoms with Crippen molar-refractivity contribution >= 4 is 43.7 Å². The van der Waals surface area contributed by atoms with Gasteiger partial charge in [-0.1, -0.05) is 24.3 Å². The summed E-state index contributed by atoms with van der Waals surface area (Å²) in [6, 6.07) is 18.3. The molecule has 2 heterocycles. The van der Waals surface area contributed by atoms with Gasteiger partial charge in [-0.15, -0.1) is 0 Å². The number of anilines is 1. The Hall–Kier alpha value is -4.38. The minimum Gasteiger partial charge on any atom is -0.345 e. The fourth-order valence-corrected chi connectivity index (χ4v) is 5.13. The van der Waals surface area contributed by atoms with Crippen molar-refractivity contribution < 1.29 is 13.2 Å². The lowest BCUT2D eigenvalue weighted by atomic mass is 10.1. The van der Waals surface area contributed by atoms with Gasteiger partial charge in [0.2, 0.25) is 0 Å². The monoisotopic (exact) mass is 490 g/mol. The van der Waals surface area contributed by atoms with Crippen molar-refractivity contribution in [2.45, 2.75) is 24.9 Å². The van der Waals surface area contributed by atoms with Crippen molar-refractivity contribution in [1.82, 2.24) is 24.8 Å². The minimum absolute atomic E-state index is 0.0490. The molecule has 10 nitrogen and oxygen atoms in total. The average molecular weight is 491 g/mol. The number of carbonyl (C=O) groups is 1. The molecule has 0 aliphatic rings. The summed E-state index contributed by atoms with van der Waals surface area (Å²) in [7, 11) is -4.03. The molecule has 1 amide bonds. The predicted molar refractivity (Wildman–Crippen MR) is 133 cm³/mol. The number of aromatic amines is 2. The maximum Gasteiger partial charge on any atom is 0.323 e. The zero-order chi connectivity index (χ0) is 24.6. The summed E-state index contributed by atoms with van der Waals surface area (Å²) in [6.45, 7) is 2.88. The second-order valence-corrected chi connectivity index (χ2v) is 9.56. The van der Waals surface area contributed by atoms with Gasteiger partial charge < -0.3 is 19.9 Å². The summed E-state index contributed by atoms with van der Waals surface area (Å²) in [6.07, 6.45) is 0. The van der Waals surface area contributed by atoms with E-state index in [1.54, 1.807) is 18.2 Å². The molecule has 2 aromatic heterocycles. The van der Waals surface area contributed by atoms with Crippen LogP contribution in [0.5, 0.6) is 0 Å². The smallest absolute Gasteiger partial charge is 0.323 e. The number of fused-ring (bicyclic) bond motifs is 2. The number of benzene rings is 3. The van der Waals surface area contributed by atoms with Crippen molar-refractivity contribution in [3.63, 3.8) is 0 Å². The maximum absolute atomic E-state index is 13.0. The van der Waals surface area contributed by atoms with Crippen LogP contribution in [-0.4, -0.2) is 33.8 Å². The Bertz CT molecular complexity index is 1730. The van der Waals surface area contributed by atoms with Crippen molar-refractivity contribution in [1.29, 1.82) is 0 Å². The highest BCUT2D eigenvalue weighted by atomic mass is 32.2. The third-order valence-corrected chi connectivity index (χ3v) is 7.03. The Labute approximate surface area is 200 Å². The van der Waals surface area contributed by atoms with Crippen molar-refractivity contribution in [2.24, 2.45) is 0 Å². The van der Waals surface area contributed by atoms with E-state index >= 15 is 0 Å². The largest absolute Gasteiger partial charge is 0.345 e. The van der Waals surface area contributed by atoms with E-state index < -0.39 is 21.6 Å². The fraction of sp³-hybridized carbons (Fsp3) is 0.125. The number of imidazole rings is 2. The average Bonchev–Trinajstić information content (AvgIpc) is 3.40. The molecule has 0 spiro atoms. The van der Waals surface area contributed by atoms with Gasteiger partial charge in [0.15, 0.2) is 0 Å². The quantitative estimate of drug-likeness (QED) is 0.278. The Kier molecular flexibility index (Phi) is 5.61. The van der Waals surface area contributed by atoms with Crippen molar-refractivity contribution in [3.05, 3.63) is 88.6 Å². The zero-order valence-electron chi connectivity index (χ0n) is 18.7. The molecule has 5 aromatic rings. The number of rotatable bonds is 7. The number of amides is 1. The van der Waals surface area contributed by atoms with E-state index in [0.717, 1.165) is 11.0 Å². The van der Waals surface area contributed by atoms with Gasteiger partial charge in [0.1, 0.15) is 5.82 Å².